The fraction of sp³-hybridized carbons (Fsp3) is 0.368. The van der Waals surface area contributed by atoms with E-state index in [1.807, 2.05) is 11.9 Å². The van der Waals surface area contributed by atoms with Crippen LogP contribution in [0.3, 0.4) is 0 Å². The summed E-state index contributed by atoms with van der Waals surface area (Å²) in [7, 11) is 2.01. The summed E-state index contributed by atoms with van der Waals surface area (Å²) >= 11 is 2.26. The van der Waals surface area contributed by atoms with Crippen LogP contribution in [-0.4, -0.2) is 60.3 Å². The molecule has 1 aliphatic rings. The van der Waals surface area contributed by atoms with Crippen molar-refractivity contribution in [2.45, 2.75) is 6.18 Å². The zero-order valence-corrected chi connectivity index (χ0v) is 17.3. The van der Waals surface area contributed by atoms with E-state index in [0.717, 1.165) is 43.6 Å². The van der Waals surface area contributed by atoms with Gasteiger partial charge in [0, 0.05) is 31.6 Å². The fourth-order valence-corrected chi connectivity index (χ4v) is 5.12. The number of nitrogens with zero attached hydrogens (tertiary/aromatic N) is 3. The molecule has 0 bridgehead atoms. The van der Waals surface area contributed by atoms with Crippen LogP contribution in [0.2, 0.25) is 0 Å². The number of thiophene rings is 2. The van der Waals surface area contributed by atoms with E-state index in [1.54, 1.807) is 17.5 Å². The molecular weight excluding hydrogens is 421 g/mol. The number of likely N-dealkylation sites (N-methyl/N-ethyl adjacent to an activating group) is 1. The molecule has 0 amide bonds. The first-order chi connectivity index (χ1) is 13.7. The third-order valence-corrected chi connectivity index (χ3v) is 7.03. The molecule has 0 aromatic carbocycles. The van der Waals surface area contributed by atoms with E-state index < -0.39 is 11.7 Å². The van der Waals surface area contributed by atoms with E-state index in [0.29, 0.717) is 4.88 Å². The standard InChI is InChI=1S/C19H19F3N4OS2/c1-25-4-6-26(7-5-25)10-13(27)17-16(23)15-11(19(20,21)22)9-12(24-18(15)29-17)14-3-2-8-28-14/h2-3,8-9H,4-7,10,23H2,1H3. The number of aromatic nitrogens is 1. The van der Waals surface area contributed by atoms with Crippen molar-refractivity contribution in [3.8, 4) is 10.6 Å². The first kappa shape index (κ1) is 20.3. The molecule has 4 rings (SSSR count). The highest BCUT2D eigenvalue weighted by atomic mass is 32.1. The molecule has 1 saturated heterocycles. The van der Waals surface area contributed by atoms with Crippen molar-refractivity contribution in [1.29, 1.82) is 0 Å². The predicted molar refractivity (Wildman–Crippen MR) is 111 cm³/mol. The van der Waals surface area contributed by atoms with Crippen LogP contribution in [-0.2, 0) is 6.18 Å². The third kappa shape index (κ3) is 4.02. The van der Waals surface area contributed by atoms with Crippen molar-refractivity contribution in [3.05, 3.63) is 34.0 Å². The highest BCUT2D eigenvalue weighted by molar-refractivity contribution is 7.21. The second-order valence-corrected chi connectivity index (χ2v) is 9.00. The van der Waals surface area contributed by atoms with E-state index in [9.17, 15) is 18.0 Å². The molecule has 0 spiro atoms. The first-order valence-electron chi connectivity index (χ1n) is 9.02. The summed E-state index contributed by atoms with van der Waals surface area (Å²) in [5, 5.41) is 1.60. The number of hydrogen-bond donors (Lipinski definition) is 1. The van der Waals surface area contributed by atoms with Crippen LogP contribution in [0.15, 0.2) is 23.6 Å². The minimum absolute atomic E-state index is 0.123. The SMILES string of the molecule is CN1CCN(CC(=O)c2sc3nc(-c4cccs4)cc(C(F)(F)F)c3c2N)CC1. The lowest BCUT2D eigenvalue weighted by Crippen LogP contribution is -2.46. The normalized spacial score (nSPS) is 16.6. The second kappa shape index (κ2) is 7.67. The molecule has 1 fully saturated rings. The number of ketones is 1. The Balaban J connectivity index is 1.74. The van der Waals surface area contributed by atoms with E-state index in [1.165, 1.54) is 11.3 Å². The quantitative estimate of drug-likeness (QED) is 0.620. The summed E-state index contributed by atoms with van der Waals surface area (Å²) < 4.78 is 41.3. The summed E-state index contributed by atoms with van der Waals surface area (Å²) in [5.74, 6) is -0.263. The number of fused-ring (bicyclic) bond motifs is 1. The van der Waals surface area contributed by atoms with Crippen molar-refractivity contribution in [2.24, 2.45) is 0 Å². The smallest absolute Gasteiger partial charge is 0.397 e. The number of nitrogen functional groups attached to an aromatic ring is 1. The van der Waals surface area contributed by atoms with Crippen LogP contribution in [0.4, 0.5) is 18.9 Å². The van der Waals surface area contributed by atoms with Crippen molar-refractivity contribution in [1.82, 2.24) is 14.8 Å². The van der Waals surface area contributed by atoms with Gasteiger partial charge in [-0.25, -0.2) is 4.98 Å². The number of carbonyl (C=O) groups is 1. The summed E-state index contributed by atoms with van der Waals surface area (Å²) in [4.78, 5) is 22.3. The molecule has 0 atom stereocenters. The predicted octanol–water partition coefficient (Wildman–Crippen LogP) is 4.06. The number of rotatable bonds is 4. The lowest BCUT2D eigenvalue weighted by molar-refractivity contribution is -0.136. The Morgan fingerprint density at radius 2 is 2.00 bits per heavy atom. The van der Waals surface area contributed by atoms with E-state index >= 15 is 0 Å². The lowest BCUT2D eigenvalue weighted by atomic mass is 10.1. The van der Waals surface area contributed by atoms with Crippen molar-refractivity contribution >= 4 is 44.4 Å². The van der Waals surface area contributed by atoms with E-state index in [-0.39, 0.29) is 38.8 Å². The maximum atomic E-state index is 13.8. The number of alkyl halides is 3. The summed E-state index contributed by atoms with van der Waals surface area (Å²) in [6.07, 6.45) is -4.60. The number of pyridine rings is 1. The van der Waals surface area contributed by atoms with Gasteiger partial charge < -0.3 is 10.6 Å². The van der Waals surface area contributed by atoms with Crippen molar-refractivity contribution < 1.29 is 18.0 Å². The summed E-state index contributed by atoms with van der Waals surface area (Å²) in [6, 6.07) is 4.49. The number of hydrogen-bond acceptors (Lipinski definition) is 7. The molecule has 10 heteroatoms. The molecule has 3 aromatic heterocycles. The van der Waals surface area contributed by atoms with Gasteiger partial charge in [-0.3, -0.25) is 9.69 Å². The van der Waals surface area contributed by atoms with Crippen LogP contribution in [0.1, 0.15) is 15.2 Å². The second-order valence-electron chi connectivity index (χ2n) is 7.06. The van der Waals surface area contributed by atoms with Crippen molar-refractivity contribution in [2.75, 3.05) is 45.5 Å². The Hall–Kier alpha value is -2.01. The number of Topliss-reactive ketones (excluding diaryl/α,β-unsaturated/α-hetero) is 1. The monoisotopic (exact) mass is 440 g/mol. The van der Waals surface area contributed by atoms with Gasteiger partial charge in [-0.05, 0) is 24.6 Å². The van der Waals surface area contributed by atoms with Crippen LogP contribution in [0, 0.1) is 0 Å². The molecule has 29 heavy (non-hydrogen) atoms. The van der Waals surface area contributed by atoms with Crippen LogP contribution in [0.5, 0.6) is 0 Å². The largest absolute Gasteiger partial charge is 0.417 e. The molecule has 0 unspecified atom stereocenters. The van der Waals surface area contributed by atoms with Gasteiger partial charge in [0.1, 0.15) is 4.83 Å². The average molecular weight is 441 g/mol. The zero-order valence-electron chi connectivity index (χ0n) is 15.6. The molecule has 0 radical (unpaired) electrons. The molecule has 5 nitrogen and oxygen atoms in total. The number of halogens is 3. The Kier molecular flexibility index (Phi) is 5.36. The highest BCUT2D eigenvalue weighted by Gasteiger charge is 2.36. The maximum absolute atomic E-state index is 13.8. The van der Waals surface area contributed by atoms with Gasteiger partial charge in [-0.15, -0.1) is 22.7 Å². The molecule has 2 N–H and O–H groups in total. The first-order valence-corrected chi connectivity index (χ1v) is 10.7. The molecule has 3 aromatic rings. The summed E-state index contributed by atoms with van der Waals surface area (Å²) in [6.45, 7) is 3.31. The number of piperazine rings is 1. The van der Waals surface area contributed by atoms with Crippen molar-refractivity contribution in [3.63, 3.8) is 0 Å². The topological polar surface area (TPSA) is 62.5 Å². The minimum Gasteiger partial charge on any atom is -0.397 e. The molecule has 154 valence electrons. The zero-order chi connectivity index (χ0) is 20.8. The van der Waals surface area contributed by atoms with Crippen LogP contribution < -0.4 is 5.73 Å². The van der Waals surface area contributed by atoms with Gasteiger partial charge in [0.05, 0.1) is 33.2 Å². The van der Waals surface area contributed by atoms with Gasteiger partial charge in [-0.1, -0.05) is 6.07 Å². The Bertz CT molecular complexity index is 1040. The van der Waals surface area contributed by atoms with Crippen LogP contribution >= 0.6 is 22.7 Å². The molecule has 1 aliphatic heterocycles. The maximum Gasteiger partial charge on any atom is 0.417 e. The Morgan fingerprint density at radius 1 is 1.28 bits per heavy atom. The van der Waals surface area contributed by atoms with Gasteiger partial charge in [0.25, 0.3) is 0 Å². The van der Waals surface area contributed by atoms with E-state index in [2.05, 4.69) is 9.88 Å². The number of carbonyl (C=O) groups excluding carboxylic acids is 1. The van der Waals surface area contributed by atoms with Gasteiger partial charge in [0.15, 0.2) is 5.78 Å². The van der Waals surface area contributed by atoms with Gasteiger partial charge in [0.2, 0.25) is 0 Å². The highest BCUT2D eigenvalue weighted by Crippen LogP contribution is 2.44. The van der Waals surface area contributed by atoms with Crippen LogP contribution in [0.25, 0.3) is 20.8 Å². The molecular formula is C19H19F3N4OS2. The number of anilines is 1. The Labute approximate surface area is 173 Å². The summed E-state index contributed by atoms with van der Waals surface area (Å²) in [5.41, 5.74) is 5.32. The average Bonchev–Trinajstić information content (AvgIpc) is 3.30. The molecule has 4 heterocycles. The van der Waals surface area contributed by atoms with E-state index in [4.69, 9.17) is 5.73 Å². The Morgan fingerprint density at radius 3 is 2.62 bits per heavy atom. The minimum atomic E-state index is -4.60. The van der Waals surface area contributed by atoms with Gasteiger partial charge in [-0.2, -0.15) is 13.2 Å². The van der Waals surface area contributed by atoms with Gasteiger partial charge >= 0.3 is 6.18 Å². The fourth-order valence-electron chi connectivity index (χ4n) is 3.38. The lowest BCUT2D eigenvalue weighted by Gasteiger charge is -2.31. The molecule has 0 saturated carbocycles. The molecule has 0 aliphatic carbocycles. The number of nitrogens with two attached hydrogens (primary N) is 1. The third-order valence-electron chi connectivity index (χ3n) is 4.99.